The highest BCUT2D eigenvalue weighted by Gasteiger charge is 2.21. The molecule has 0 fully saturated rings. The van der Waals surface area contributed by atoms with Crippen LogP contribution in [0.15, 0.2) is 45.6 Å². The lowest BCUT2D eigenvalue weighted by atomic mass is 10.1. The topological polar surface area (TPSA) is 76.5 Å². The molecule has 0 atom stereocenters. The molecule has 26 heavy (non-hydrogen) atoms. The second-order valence-electron chi connectivity index (χ2n) is 6.40. The standard InChI is InChI=1S/C20H22N2O4/c23-20-22-17-15(12-16-18(19(17)26-20)25-11-10-24-16)13-21-9-5-4-8-14-6-2-1-3-7-14/h1-3,6-7,12,21H,4-5,8-11,13H2,(H,22,23). The Kier molecular flexibility index (Phi) is 4.93. The third-order valence-electron chi connectivity index (χ3n) is 4.52. The minimum Gasteiger partial charge on any atom is -0.486 e. The summed E-state index contributed by atoms with van der Waals surface area (Å²) in [5.41, 5.74) is 3.43. The number of H-pyrrole nitrogens is 1. The van der Waals surface area contributed by atoms with Gasteiger partial charge in [0.15, 0.2) is 5.75 Å². The summed E-state index contributed by atoms with van der Waals surface area (Å²) in [6, 6.07) is 12.4. The highest BCUT2D eigenvalue weighted by Crippen LogP contribution is 2.38. The fourth-order valence-electron chi connectivity index (χ4n) is 3.25. The maximum Gasteiger partial charge on any atom is 0.417 e. The van der Waals surface area contributed by atoms with Gasteiger partial charge in [0, 0.05) is 6.54 Å². The van der Waals surface area contributed by atoms with Crippen LogP contribution in [-0.2, 0) is 13.0 Å². The predicted octanol–water partition coefficient (Wildman–Crippen LogP) is 3.00. The van der Waals surface area contributed by atoms with Gasteiger partial charge in [-0.15, -0.1) is 0 Å². The van der Waals surface area contributed by atoms with Crippen LogP contribution in [0.5, 0.6) is 11.5 Å². The van der Waals surface area contributed by atoms with Gasteiger partial charge < -0.3 is 19.2 Å². The monoisotopic (exact) mass is 354 g/mol. The van der Waals surface area contributed by atoms with E-state index >= 15 is 0 Å². The largest absolute Gasteiger partial charge is 0.486 e. The maximum atomic E-state index is 11.6. The zero-order valence-electron chi connectivity index (χ0n) is 14.5. The first-order chi connectivity index (χ1) is 12.8. The Balaban J connectivity index is 1.36. The predicted molar refractivity (Wildman–Crippen MR) is 98.9 cm³/mol. The Hall–Kier alpha value is -2.73. The molecule has 4 rings (SSSR count). The molecule has 0 saturated carbocycles. The van der Waals surface area contributed by atoms with E-state index in [1.165, 1.54) is 5.56 Å². The van der Waals surface area contributed by atoms with Crippen LogP contribution in [-0.4, -0.2) is 24.7 Å². The molecule has 0 bridgehead atoms. The van der Waals surface area contributed by atoms with Crippen molar-refractivity contribution in [3.63, 3.8) is 0 Å². The SMILES string of the molecule is O=c1[nH]c2c(CNCCCCc3ccccc3)cc3c(c2o1)OCCO3. The lowest BCUT2D eigenvalue weighted by molar-refractivity contribution is 0.171. The van der Waals surface area contributed by atoms with Gasteiger partial charge >= 0.3 is 5.76 Å². The van der Waals surface area contributed by atoms with E-state index in [-0.39, 0.29) is 0 Å². The number of aromatic amines is 1. The minimum atomic E-state index is -0.480. The molecule has 0 unspecified atom stereocenters. The molecule has 0 saturated heterocycles. The van der Waals surface area contributed by atoms with Crippen molar-refractivity contribution in [3.8, 4) is 11.5 Å². The summed E-state index contributed by atoms with van der Waals surface area (Å²) in [4.78, 5) is 14.4. The van der Waals surface area contributed by atoms with E-state index in [1.54, 1.807) is 0 Å². The quantitative estimate of drug-likeness (QED) is 0.638. The average molecular weight is 354 g/mol. The molecule has 136 valence electrons. The number of aromatic nitrogens is 1. The number of hydrogen-bond donors (Lipinski definition) is 2. The van der Waals surface area contributed by atoms with Gasteiger partial charge in [0.1, 0.15) is 13.2 Å². The van der Waals surface area contributed by atoms with Gasteiger partial charge in [0.2, 0.25) is 11.3 Å². The fourth-order valence-corrected chi connectivity index (χ4v) is 3.25. The van der Waals surface area contributed by atoms with Crippen LogP contribution in [0.3, 0.4) is 0 Å². The Morgan fingerprint density at radius 1 is 1.08 bits per heavy atom. The molecule has 1 aliphatic rings. The molecule has 6 nitrogen and oxygen atoms in total. The summed E-state index contributed by atoms with van der Waals surface area (Å²) in [6.07, 6.45) is 3.31. The van der Waals surface area contributed by atoms with E-state index in [1.807, 2.05) is 12.1 Å². The third-order valence-corrected chi connectivity index (χ3v) is 4.52. The van der Waals surface area contributed by atoms with Crippen LogP contribution in [0.4, 0.5) is 0 Å². The molecule has 2 N–H and O–H groups in total. The van der Waals surface area contributed by atoms with Crippen molar-refractivity contribution < 1.29 is 13.9 Å². The van der Waals surface area contributed by atoms with Crippen LogP contribution in [0, 0.1) is 0 Å². The number of ether oxygens (including phenoxy) is 2. The normalized spacial score (nSPS) is 13.2. The van der Waals surface area contributed by atoms with Gasteiger partial charge in [-0.25, -0.2) is 4.79 Å². The number of benzene rings is 2. The molecule has 2 heterocycles. The van der Waals surface area contributed by atoms with E-state index in [0.717, 1.165) is 31.4 Å². The molecular weight excluding hydrogens is 332 g/mol. The van der Waals surface area contributed by atoms with Crippen LogP contribution in [0.25, 0.3) is 11.1 Å². The van der Waals surface area contributed by atoms with Crippen LogP contribution in [0.1, 0.15) is 24.0 Å². The van der Waals surface area contributed by atoms with Crippen LogP contribution >= 0.6 is 0 Å². The van der Waals surface area contributed by atoms with E-state index in [2.05, 4.69) is 34.6 Å². The molecule has 2 aromatic carbocycles. The van der Waals surface area contributed by atoms with Crippen molar-refractivity contribution >= 4 is 11.1 Å². The van der Waals surface area contributed by atoms with E-state index in [0.29, 0.717) is 42.4 Å². The first-order valence-electron chi connectivity index (χ1n) is 9.00. The summed E-state index contributed by atoms with van der Waals surface area (Å²) in [5.74, 6) is 0.662. The molecule has 6 heteroatoms. The highest BCUT2D eigenvalue weighted by atomic mass is 16.6. The summed E-state index contributed by atoms with van der Waals surface area (Å²) in [6.45, 7) is 2.49. The lowest BCUT2D eigenvalue weighted by Gasteiger charge is -2.19. The number of rotatable bonds is 7. The molecule has 0 amide bonds. The number of nitrogens with one attached hydrogen (secondary N) is 2. The van der Waals surface area contributed by atoms with Gasteiger partial charge in [-0.3, -0.25) is 4.98 Å². The van der Waals surface area contributed by atoms with Crippen molar-refractivity contribution in [1.29, 1.82) is 0 Å². The molecule has 1 aliphatic heterocycles. The summed E-state index contributed by atoms with van der Waals surface area (Å²) < 4.78 is 16.5. The lowest BCUT2D eigenvalue weighted by Crippen LogP contribution is -2.18. The van der Waals surface area contributed by atoms with Gasteiger partial charge in [0.05, 0.1) is 5.52 Å². The second-order valence-corrected chi connectivity index (χ2v) is 6.40. The Morgan fingerprint density at radius 3 is 2.81 bits per heavy atom. The molecule has 0 radical (unpaired) electrons. The van der Waals surface area contributed by atoms with Gasteiger partial charge in [0.25, 0.3) is 0 Å². The smallest absolute Gasteiger partial charge is 0.417 e. The Morgan fingerprint density at radius 2 is 1.92 bits per heavy atom. The van der Waals surface area contributed by atoms with Gasteiger partial charge in [-0.2, -0.15) is 0 Å². The number of oxazole rings is 1. The van der Waals surface area contributed by atoms with Gasteiger partial charge in [-0.1, -0.05) is 30.3 Å². The molecule has 3 aromatic rings. The molecular formula is C20H22N2O4. The van der Waals surface area contributed by atoms with Crippen molar-refractivity contribution in [3.05, 3.63) is 58.1 Å². The minimum absolute atomic E-state index is 0.438. The van der Waals surface area contributed by atoms with Crippen molar-refractivity contribution in [2.24, 2.45) is 0 Å². The summed E-state index contributed by atoms with van der Waals surface area (Å²) in [7, 11) is 0. The Labute approximate surface area is 151 Å². The van der Waals surface area contributed by atoms with E-state index in [9.17, 15) is 4.79 Å². The molecule has 0 aliphatic carbocycles. The van der Waals surface area contributed by atoms with Crippen LogP contribution in [0.2, 0.25) is 0 Å². The summed E-state index contributed by atoms with van der Waals surface area (Å²) >= 11 is 0. The highest BCUT2D eigenvalue weighted by molar-refractivity contribution is 5.85. The van der Waals surface area contributed by atoms with E-state index in [4.69, 9.17) is 13.9 Å². The van der Waals surface area contributed by atoms with Crippen LogP contribution < -0.4 is 20.5 Å². The number of hydrogen-bond acceptors (Lipinski definition) is 5. The van der Waals surface area contributed by atoms with Gasteiger partial charge in [-0.05, 0) is 43.0 Å². The second kappa shape index (κ2) is 7.66. The number of fused-ring (bicyclic) bond motifs is 3. The molecule has 0 spiro atoms. The summed E-state index contributed by atoms with van der Waals surface area (Å²) in [5, 5.41) is 3.44. The third kappa shape index (κ3) is 3.60. The fraction of sp³-hybridized carbons (Fsp3) is 0.350. The number of aryl methyl sites for hydroxylation is 1. The number of unbranched alkanes of at least 4 members (excludes halogenated alkanes) is 1. The zero-order valence-corrected chi connectivity index (χ0v) is 14.5. The first-order valence-corrected chi connectivity index (χ1v) is 9.00. The Bertz CT molecular complexity index is 930. The van der Waals surface area contributed by atoms with Crippen molar-refractivity contribution in [2.75, 3.05) is 19.8 Å². The first kappa shape index (κ1) is 16.7. The van der Waals surface area contributed by atoms with Crippen molar-refractivity contribution in [2.45, 2.75) is 25.8 Å². The van der Waals surface area contributed by atoms with Crippen molar-refractivity contribution in [1.82, 2.24) is 10.3 Å². The maximum absolute atomic E-state index is 11.6. The van der Waals surface area contributed by atoms with E-state index < -0.39 is 5.76 Å². The molecule has 1 aromatic heterocycles. The average Bonchev–Trinajstić information content (AvgIpc) is 3.07. The zero-order chi connectivity index (χ0) is 17.8.